The Kier molecular flexibility index (Phi) is 6.74. The highest BCUT2D eigenvalue weighted by atomic mass is 15.1. The fourth-order valence-corrected chi connectivity index (χ4v) is 5.69. The Morgan fingerprint density at radius 3 is 1.44 bits per heavy atom. The van der Waals surface area contributed by atoms with Crippen LogP contribution in [-0.2, 0) is 0 Å². The molecule has 8 aromatic rings. The van der Waals surface area contributed by atoms with Crippen LogP contribution in [0.1, 0.15) is 0 Å². The molecule has 0 bridgehead atoms. The highest BCUT2D eigenvalue weighted by Gasteiger charge is 2.20. The van der Waals surface area contributed by atoms with Gasteiger partial charge in [-0.1, -0.05) is 140 Å². The van der Waals surface area contributed by atoms with Crippen molar-refractivity contribution in [2.45, 2.75) is 0 Å². The van der Waals surface area contributed by atoms with Gasteiger partial charge in [0, 0.05) is 22.3 Å². The van der Waals surface area contributed by atoms with Crippen LogP contribution in [0.15, 0.2) is 164 Å². The van der Waals surface area contributed by atoms with E-state index in [4.69, 9.17) is 19.9 Å². The molecule has 0 spiro atoms. The van der Waals surface area contributed by atoms with Crippen molar-refractivity contribution in [3.05, 3.63) is 164 Å². The second-order valence-corrected chi connectivity index (χ2v) is 10.8. The average molecular weight is 578 g/mol. The van der Waals surface area contributed by atoms with Gasteiger partial charge in [-0.05, 0) is 35.4 Å². The monoisotopic (exact) mass is 577 g/mol. The number of hydrogen-bond acceptors (Lipinski definition) is 4. The van der Waals surface area contributed by atoms with Crippen molar-refractivity contribution in [2.24, 2.45) is 0 Å². The van der Waals surface area contributed by atoms with Crippen molar-refractivity contribution in [2.75, 3.05) is 0 Å². The van der Waals surface area contributed by atoms with E-state index >= 15 is 0 Å². The lowest BCUT2D eigenvalue weighted by Gasteiger charge is -2.15. The molecule has 8 rings (SSSR count). The normalized spacial score (nSPS) is 11.1. The number of nitrogens with zero attached hydrogens (tertiary/aromatic N) is 5. The van der Waals surface area contributed by atoms with Gasteiger partial charge in [0.15, 0.2) is 17.5 Å². The topological polar surface area (TPSA) is 56.5 Å². The second kappa shape index (κ2) is 11.5. The van der Waals surface area contributed by atoms with Gasteiger partial charge in [0.2, 0.25) is 0 Å². The summed E-state index contributed by atoms with van der Waals surface area (Å²) in [6, 6.07) is 55.6. The zero-order chi connectivity index (χ0) is 30.0. The molecule has 0 radical (unpaired) electrons. The Morgan fingerprint density at radius 2 is 0.800 bits per heavy atom. The number of hydrogen-bond donors (Lipinski definition) is 0. The highest BCUT2D eigenvalue weighted by Crippen LogP contribution is 2.35. The van der Waals surface area contributed by atoms with Crippen molar-refractivity contribution in [1.29, 1.82) is 0 Å². The molecule has 0 aliphatic rings. The van der Waals surface area contributed by atoms with Gasteiger partial charge in [-0.25, -0.2) is 19.9 Å². The fourth-order valence-electron chi connectivity index (χ4n) is 5.69. The average Bonchev–Trinajstić information content (AvgIpc) is 3.52. The Balaban J connectivity index is 1.33. The third-order valence-electron chi connectivity index (χ3n) is 7.90. The third kappa shape index (κ3) is 5.07. The van der Waals surface area contributed by atoms with Crippen LogP contribution in [0.25, 0.3) is 73.4 Å². The number of benzene rings is 6. The van der Waals surface area contributed by atoms with Crippen molar-refractivity contribution < 1.29 is 0 Å². The standard InChI is InChI=1S/C40H27N5/c1-4-14-28(15-5-1)29-24-26-32(27-25-29)40-41-34-21-11-13-23-36(34)45(40)35-22-12-10-20-33(35)39-43-37(30-16-6-2-7-17-30)42-38(44-39)31-18-8-3-9-19-31/h1-27H. The molecule has 0 saturated carbocycles. The molecule has 2 heterocycles. The van der Waals surface area contributed by atoms with E-state index < -0.39 is 0 Å². The SMILES string of the molecule is c1ccc(-c2ccc(-c3nc4ccccc4n3-c3ccccc3-c3nc(-c4ccccc4)nc(-c4ccccc4)n3)cc2)cc1. The molecule has 0 saturated heterocycles. The number of imidazole rings is 1. The summed E-state index contributed by atoms with van der Waals surface area (Å²) in [5.41, 5.74) is 8.98. The molecule has 0 fully saturated rings. The van der Waals surface area contributed by atoms with Crippen LogP contribution in [0.5, 0.6) is 0 Å². The number of aromatic nitrogens is 5. The number of para-hydroxylation sites is 3. The van der Waals surface area contributed by atoms with Gasteiger partial charge < -0.3 is 0 Å². The lowest BCUT2D eigenvalue weighted by atomic mass is 10.0. The Labute approximate surface area is 261 Å². The predicted octanol–water partition coefficient (Wildman–Crippen LogP) is 9.55. The highest BCUT2D eigenvalue weighted by molar-refractivity contribution is 5.86. The van der Waals surface area contributed by atoms with Crippen molar-refractivity contribution in [3.8, 4) is 62.4 Å². The summed E-state index contributed by atoms with van der Waals surface area (Å²) < 4.78 is 2.22. The van der Waals surface area contributed by atoms with Crippen molar-refractivity contribution in [1.82, 2.24) is 24.5 Å². The van der Waals surface area contributed by atoms with E-state index in [1.165, 1.54) is 5.56 Å². The molecule has 0 N–H and O–H groups in total. The van der Waals surface area contributed by atoms with Gasteiger partial charge in [0.05, 0.1) is 16.7 Å². The van der Waals surface area contributed by atoms with Crippen molar-refractivity contribution >= 4 is 11.0 Å². The van der Waals surface area contributed by atoms with Gasteiger partial charge in [0.25, 0.3) is 0 Å². The fraction of sp³-hybridized carbons (Fsp3) is 0. The minimum absolute atomic E-state index is 0.599. The first kappa shape index (κ1) is 26.4. The van der Waals surface area contributed by atoms with Crippen LogP contribution >= 0.6 is 0 Å². The summed E-state index contributed by atoms with van der Waals surface area (Å²) in [6.45, 7) is 0. The van der Waals surface area contributed by atoms with E-state index in [1.54, 1.807) is 0 Å². The van der Waals surface area contributed by atoms with Crippen LogP contribution in [0.2, 0.25) is 0 Å². The van der Waals surface area contributed by atoms with Gasteiger partial charge in [-0.3, -0.25) is 4.57 Å². The van der Waals surface area contributed by atoms with Gasteiger partial charge >= 0.3 is 0 Å². The molecule has 212 valence electrons. The largest absolute Gasteiger partial charge is 0.292 e. The molecule has 5 heteroatoms. The summed E-state index contributed by atoms with van der Waals surface area (Å²) in [5.74, 6) is 2.70. The lowest BCUT2D eigenvalue weighted by molar-refractivity contribution is 1.05. The van der Waals surface area contributed by atoms with Gasteiger partial charge in [0.1, 0.15) is 5.82 Å². The molecule has 0 atom stereocenters. The smallest absolute Gasteiger partial charge is 0.166 e. The predicted molar refractivity (Wildman–Crippen MR) is 182 cm³/mol. The lowest BCUT2D eigenvalue weighted by Crippen LogP contribution is -2.04. The van der Waals surface area contributed by atoms with Crippen LogP contribution in [0.4, 0.5) is 0 Å². The summed E-state index contributed by atoms with van der Waals surface area (Å²) in [5, 5.41) is 0. The zero-order valence-corrected chi connectivity index (χ0v) is 24.3. The minimum atomic E-state index is 0.599. The molecular weight excluding hydrogens is 550 g/mol. The van der Waals surface area contributed by atoms with Crippen molar-refractivity contribution in [3.63, 3.8) is 0 Å². The van der Waals surface area contributed by atoms with Gasteiger partial charge in [-0.2, -0.15) is 0 Å². The molecule has 0 amide bonds. The maximum atomic E-state index is 5.14. The number of fused-ring (bicyclic) bond motifs is 1. The molecule has 0 aliphatic heterocycles. The molecule has 6 aromatic carbocycles. The summed E-state index contributed by atoms with van der Waals surface area (Å²) >= 11 is 0. The zero-order valence-electron chi connectivity index (χ0n) is 24.3. The first-order chi connectivity index (χ1) is 22.3. The molecule has 2 aromatic heterocycles. The van der Waals surface area contributed by atoms with Crippen LogP contribution < -0.4 is 0 Å². The second-order valence-electron chi connectivity index (χ2n) is 10.8. The summed E-state index contributed by atoms with van der Waals surface area (Å²) in [7, 11) is 0. The van der Waals surface area contributed by atoms with Crippen LogP contribution in [-0.4, -0.2) is 24.5 Å². The van der Waals surface area contributed by atoms with Crippen LogP contribution in [0.3, 0.4) is 0 Å². The van der Waals surface area contributed by atoms with E-state index in [9.17, 15) is 0 Å². The first-order valence-electron chi connectivity index (χ1n) is 14.9. The molecule has 5 nitrogen and oxygen atoms in total. The molecular formula is C40H27N5. The minimum Gasteiger partial charge on any atom is -0.292 e. The Hall–Kier alpha value is -6.20. The van der Waals surface area contributed by atoms with E-state index in [1.807, 2.05) is 84.9 Å². The maximum Gasteiger partial charge on any atom is 0.166 e. The maximum absolute atomic E-state index is 5.14. The quantitative estimate of drug-likeness (QED) is 0.197. The number of rotatable bonds is 6. The van der Waals surface area contributed by atoms with Gasteiger partial charge in [-0.15, -0.1) is 0 Å². The first-order valence-corrected chi connectivity index (χ1v) is 14.9. The van der Waals surface area contributed by atoms with E-state index in [-0.39, 0.29) is 0 Å². The molecule has 0 unspecified atom stereocenters. The van der Waals surface area contributed by atoms with E-state index in [0.717, 1.165) is 50.4 Å². The Bertz CT molecular complexity index is 2180. The summed E-state index contributed by atoms with van der Waals surface area (Å²) in [6.07, 6.45) is 0. The summed E-state index contributed by atoms with van der Waals surface area (Å²) in [4.78, 5) is 20.1. The molecule has 45 heavy (non-hydrogen) atoms. The van der Waals surface area contributed by atoms with E-state index in [0.29, 0.717) is 17.5 Å². The van der Waals surface area contributed by atoms with Crippen LogP contribution in [0, 0.1) is 0 Å². The van der Waals surface area contributed by atoms with E-state index in [2.05, 4.69) is 83.4 Å². The molecule has 0 aliphatic carbocycles. The third-order valence-corrected chi connectivity index (χ3v) is 7.90. The Morgan fingerprint density at radius 1 is 0.333 bits per heavy atom.